The van der Waals surface area contributed by atoms with Gasteiger partial charge in [-0.15, -0.1) is 0 Å². The Bertz CT molecular complexity index is 370. The van der Waals surface area contributed by atoms with Crippen molar-refractivity contribution in [1.29, 1.82) is 0 Å². The van der Waals surface area contributed by atoms with Crippen molar-refractivity contribution >= 4 is 17.4 Å². The molecule has 3 heteroatoms. The van der Waals surface area contributed by atoms with Crippen LogP contribution in [0.2, 0.25) is 5.02 Å². The summed E-state index contributed by atoms with van der Waals surface area (Å²) in [5.74, 6) is 1.02. The van der Waals surface area contributed by atoms with Gasteiger partial charge in [0.1, 0.15) is 5.78 Å². The Kier molecular flexibility index (Phi) is 3.62. The van der Waals surface area contributed by atoms with Gasteiger partial charge in [-0.2, -0.15) is 0 Å². The molecule has 1 saturated heterocycles. The van der Waals surface area contributed by atoms with E-state index in [1.807, 2.05) is 31.2 Å². The van der Waals surface area contributed by atoms with Gasteiger partial charge in [0.05, 0.1) is 0 Å². The van der Waals surface area contributed by atoms with E-state index >= 15 is 0 Å². The zero-order valence-corrected chi connectivity index (χ0v) is 10.1. The van der Waals surface area contributed by atoms with Gasteiger partial charge in [0.15, 0.2) is 0 Å². The topological polar surface area (TPSA) is 29.1 Å². The normalized spacial score (nSPS) is 17.9. The van der Waals surface area contributed by atoms with Crippen LogP contribution in [0, 0.1) is 11.8 Å². The van der Waals surface area contributed by atoms with E-state index in [4.69, 9.17) is 11.6 Å². The van der Waals surface area contributed by atoms with Crippen LogP contribution >= 0.6 is 11.6 Å². The Morgan fingerprint density at radius 1 is 1.44 bits per heavy atom. The van der Waals surface area contributed by atoms with Crippen LogP contribution in [-0.2, 0) is 11.2 Å². The molecule has 0 spiro atoms. The summed E-state index contributed by atoms with van der Waals surface area (Å²) in [6.07, 6.45) is 0.523. The Balaban J connectivity index is 1.93. The van der Waals surface area contributed by atoms with Crippen LogP contribution in [-0.4, -0.2) is 18.9 Å². The van der Waals surface area contributed by atoms with Gasteiger partial charge in [-0.1, -0.05) is 30.7 Å². The second-order valence-electron chi connectivity index (χ2n) is 4.48. The Labute approximate surface area is 101 Å². The third-order valence-electron chi connectivity index (χ3n) is 3.32. The zero-order valence-electron chi connectivity index (χ0n) is 9.37. The number of Topliss-reactive ketones (excluding diaryl/α,β-unsaturated/α-hetero) is 1. The Morgan fingerprint density at radius 2 is 2.06 bits per heavy atom. The van der Waals surface area contributed by atoms with Crippen molar-refractivity contribution in [2.24, 2.45) is 11.8 Å². The summed E-state index contributed by atoms with van der Waals surface area (Å²) in [6.45, 7) is 3.99. The van der Waals surface area contributed by atoms with Crippen LogP contribution in [0.25, 0.3) is 0 Å². The average molecular weight is 238 g/mol. The smallest absolute Gasteiger partial charge is 0.140 e. The molecular formula is C13H16ClNO. The minimum absolute atomic E-state index is 0.164. The lowest BCUT2D eigenvalue weighted by Gasteiger charge is -2.31. The number of benzene rings is 1. The van der Waals surface area contributed by atoms with Crippen LogP contribution in [0.5, 0.6) is 0 Å². The zero-order chi connectivity index (χ0) is 11.5. The molecular weight excluding hydrogens is 222 g/mol. The van der Waals surface area contributed by atoms with Crippen molar-refractivity contribution in [2.75, 3.05) is 13.1 Å². The monoisotopic (exact) mass is 237 g/mol. The van der Waals surface area contributed by atoms with E-state index in [9.17, 15) is 4.79 Å². The van der Waals surface area contributed by atoms with E-state index in [2.05, 4.69) is 5.32 Å². The molecule has 2 nitrogen and oxygen atoms in total. The molecule has 1 N–H and O–H groups in total. The Morgan fingerprint density at radius 3 is 2.56 bits per heavy atom. The number of rotatable bonds is 4. The number of ketones is 1. The molecule has 1 unspecified atom stereocenters. The molecule has 1 atom stereocenters. The third kappa shape index (κ3) is 2.63. The van der Waals surface area contributed by atoms with E-state index in [1.54, 1.807) is 0 Å². The minimum Gasteiger partial charge on any atom is -0.316 e. The van der Waals surface area contributed by atoms with Crippen LogP contribution < -0.4 is 5.32 Å². The summed E-state index contributed by atoms with van der Waals surface area (Å²) in [5, 5.41) is 3.91. The van der Waals surface area contributed by atoms with Gasteiger partial charge in [0.25, 0.3) is 0 Å². The highest BCUT2D eigenvalue weighted by Gasteiger charge is 2.28. The van der Waals surface area contributed by atoms with E-state index in [-0.39, 0.29) is 5.92 Å². The van der Waals surface area contributed by atoms with Crippen molar-refractivity contribution in [3.63, 3.8) is 0 Å². The first kappa shape index (κ1) is 11.6. The fourth-order valence-corrected chi connectivity index (χ4v) is 2.02. The lowest BCUT2D eigenvalue weighted by Crippen LogP contribution is -2.47. The second-order valence-corrected chi connectivity index (χ2v) is 4.91. The molecule has 1 aliphatic heterocycles. The first-order valence-electron chi connectivity index (χ1n) is 5.64. The summed E-state index contributed by atoms with van der Waals surface area (Å²) < 4.78 is 0. The molecule has 16 heavy (non-hydrogen) atoms. The van der Waals surface area contributed by atoms with Crippen molar-refractivity contribution in [1.82, 2.24) is 5.32 Å². The van der Waals surface area contributed by atoms with Gasteiger partial charge in [0.2, 0.25) is 0 Å². The number of halogens is 1. The van der Waals surface area contributed by atoms with Gasteiger partial charge >= 0.3 is 0 Å². The van der Waals surface area contributed by atoms with E-state index in [0.717, 1.165) is 18.7 Å². The molecule has 0 saturated carbocycles. The maximum atomic E-state index is 12.0. The third-order valence-corrected chi connectivity index (χ3v) is 3.57. The molecule has 1 aromatic rings. The molecule has 0 bridgehead atoms. The van der Waals surface area contributed by atoms with Gasteiger partial charge in [-0.05, 0) is 36.7 Å². The van der Waals surface area contributed by atoms with Crippen molar-refractivity contribution in [3.8, 4) is 0 Å². The highest BCUT2D eigenvalue weighted by molar-refractivity contribution is 6.30. The molecule has 0 amide bonds. The van der Waals surface area contributed by atoms with E-state index in [0.29, 0.717) is 23.1 Å². The highest BCUT2D eigenvalue weighted by Crippen LogP contribution is 2.19. The first-order chi connectivity index (χ1) is 7.66. The molecule has 0 aliphatic carbocycles. The maximum Gasteiger partial charge on any atom is 0.140 e. The summed E-state index contributed by atoms with van der Waals surface area (Å²) in [7, 11) is 0. The van der Waals surface area contributed by atoms with Crippen LogP contribution in [0.4, 0.5) is 0 Å². The largest absolute Gasteiger partial charge is 0.316 e. The van der Waals surface area contributed by atoms with Crippen LogP contribution in [0.3, 0.4) is 0 Å². The molecule has 1 aliphatic rings. The lowest BCUT2D eigenvalue weighted by atomic mass is 9.84. The summed E-state index contributed by atoms with van der Waals surface area (Å²) >= 11 is 5.80. The lowest BCUT2D eigenvalue weighted by molar-refractivity contribution is -0.123. The molecule has 1 aromatic carbocycles. The molecule has 1 fully saturated rings. The van der Waals surface area contributed by atoms with Gasteiger partial charge in [-0.25, -0.2) is 0 Å². The summed E-state index contributed by atoms with van der Waals surface area (Å²) in [6, 6.07) is 7.51. The fraction of sp³-hybridized carbons (Fsp3) is 0.462. The van der Waals surface area contributed by atoms with Crippen molar-refractivity contribution in [3.05, 3.63) is 34.9 Å². The van der Waals surface area contributed by atoms with Crippen LogP contribution in [0.1, 0.15) is 12.5 Å². The number of hydrogen-bond donors (Lipinski definition) is 1. The molecule has 86 valence electrons. The number of hydrogen-bond acceptors (Lipinski definition) is 2. The standard InChI is InChI=1S/C13H16ClNO/c1-9(11-7-15-8-11)13(16)6-10-2-4-12(14)5-3-10/h2-5,9,11,15H,6-8H2,1H3. The number of nitrogens with one attached hydrogen (secondary N) is 1. The van der Waals surface area contributed by atoms with Crippen LogP contribution in [0.15, 0.2) is 24.3 Å². The van der Waals surface area contributed by atoms with Gasteiger partial charge in [0, 0.05) is 17.4 Å². The Hall–Kier alpha value is -0.860. The van der Waals surface area contributed by atoms with E-state index < -0.39 is 0 Å². The number of carbonyl (C=O) groups is 1. The summed E-state index contributed by atoms with van der Waals surface area (Å²) in [4.78, 5) is 12.0. The fourth-order valence-electron chi connectivity index (χ4n) is 1.89. The SMILES string of the molecule is CC(C(=O)Cc1ccc(Cl)cc1)C1CNC1. The van der Waals surface area contributed by atoms with Gasteiger partial charge in [-0.3, -0.25) is 4.79 Å². The predicted octanol–water partition coefficient (Wildman–Crippen LogP) is 2.31. The minimum atomic E-state index is 0.164. The van der Waals surface area contributed by atoms with E-state index in [1.165, 1.54) is 0 Å². The predicted molar refractivity (Wildman–Crippen MR) is 65.7 cm³/mol. The quantitative estimate of drug-likeness (QED) is 0.871. The molecule has 0 aromatic heterocycles. The maximum absolute atomic E-state index is 12.0. The number of carbonyl (C=O) groups excluding carboxylic acids is 1. The first-order valence-corrected chi connectivity index (χ1v) is 6.02. The molecule has 2 rings (SSSR count). The average Bonchev–Trinajstić information content (AvgIpc) is 2.19. The second kappa shape index (κ2) is 4.98. The molecule has 1 heterocycles. The highest BCUT2D eigenvalue weighted by atomic mass is 35.5. The molecule has 0 radical (unpaired) electrons. The van der Waals surface area contributed by atoms with Crippen molar-refractivity contribution in [2.45, 2.75) is 13.3 Å². The van der Waals surface area contributed by atoms with Crippen molar-refractivity contribution < 1.29 is 4.79 Å². The summed E-state index contributed by atoms with van der Waals surface area (Å²) in [5.41, 5.74) is 1.05. The van der Waals surface area contributed by atoms with Gasteiger partial charge < -0.3 is 5.32 Å².